The Morgan fingerprint density at radius 3 is 2.46 bits per heavy atom. The molecule has 1 aliphatic carbocycles. The van der Waals surface area contributed by atoms with Crippen molar-refractivity contribution in [3.63, 3.8) is 0 Å². The zero-order valence-electron chi connectivity index (χ0n) is 22.0. The lowest BCUT2D eigenvalue weighted by atomic mass is 9.92. The third kappa shape index (κ3) is 4.30. The maximum absolute atomic E-state index is 15.0. The summed E-state index contributed by atoms with van der Waals surface area (Å²) in [4.78, 5) is 19.2. The van der Waals surface area contributed by atoms with Gasteiger partial charge in [-0.25, -0.2) is 18.2 Å². The van der Waals surface area contributed by atoms with E-state index in [1.807, 2.05) is 32.0 Å². The summed E-state index contributed by atoms with van der Waals surface area (Å²) in [7, 11) is 1.71. The minimum Gasteiger partial charge on any atom is -0.381 e. The number of alkyl halides is 1. The number of nitrogens with zero attached hydrogens (tertiary/aromatic N) is 4. The summed E-state index contributed by atoms with van der Waals surface area (Å²) in [6.45, 7) is 3.72. The highest BCUT2D eigenvalue weighted by atomic mass is 19.2. The number of fused-ring (bicyclic) bond motifs is 1. The summed E-state index contributed by atoms with van der Waals surface area (Å²) in [5.74, 6) is -1.70. The van der Waals surface area contributed by atoms with Crippen molar-refractivity contribution in [2.45, 2.75) is 70.3 Å². The number of carbonyl (C=O) groups excluding carboxylic acids is 1. The zero-order chi connectivity index (χ0) is 27.4. The van der Waals surface area contributed by atoms with Crippen LogP contribution in [-0.2, 0) is 9.53 Å². The molecule has 204 valence electrons. The van der Waals surface area contributed by atoms with Crippen molar-refractivity contribution < 1.29 is 27.2 Å². The molecule has 7 nitrogen and oxygen atoms in total. The molecule has 3 heterocycles. The molecule has 2 aliphatic rings. The number of hydrogen-bond donors (Lipinski definition) is 0. The Kier molecular flexibility index (Phi) is 6.45. The zero-order valence-corrected chi connectivity index (χ0v) is 22.0. The Labute approximate surface area is 223 Å². The van der Waals surface area contributed by atoms with Gasteiger partial charge in [-0.2, -0.15) is 0 Å². The molecule has 1 aliphatic heterocycles. The predicted molar refractivity (Wildman–Crippen MR) is 139 cm³/mol. The lowest BCUT2D eigenvalue weighted by Crippen LogP contribution is -2.32. The standard InChI is InChI=1S/C29H29F3N4O3/c1-15-27(16(2)39-34-15)17-4-11-25-24(12-17)33-28(35(25)18-5-8-20(38-3)9-6-18)26-14-23(32)29(37)36(26)19-7-10-21(30)22(31)13-19/h4,7,10-13,18,20,23,26H,5-6,8-9,14H2,1-3H3/t18-,20-,23-,26+/m1/s1. The predicted octanol–water partition coefficient (Wildman–Crippen LogP) is 6.53. The topological polar surface area (TPSA) is 73.4 Å². The molecule has 2 atom stereocenters. The fourth-order valence-electron chi connectivity index (χ4n) is 6.20. The van der Waals surface area contributed by atoms with Crippen LogP contribution in [0.5, 0.6) is 0 Å². The molecular weight excluding hydrogens is 509 g/mol. The van der Waals surface area contributed by atoms with Gasteiger partial charge in [-0.3, -0.25) is 9.69 Å². The third-order valence-corrected chi connectivity index (χ3v) is 8.11. The number of ether oxygens (including phenoxy) is 1. The molecule has 0 radical (unpaired) electrons. The lowest BCUT2D eigenvalue weighted by molar-refractivity contribution is -0.121. The number of methoxy groups -OCH3 is 1. The first-order valence-corrected chi connectivity index (χ1v) is 13.2. The maximum atomic E-state index is 15.0. The molecule has 0 bridgehead atoms. The molecule has 0 spiro atoms. The van der Waals surface area contributed by atoms with E-state index in [0.717, 1.165) is 60.2 Å². The van der Waals surface area contributed by atoms with Gasteiger partial charge in [0.2, 0.25) is 0 Å². The van der Waals surface area contributed by atoms with Gasteiger partial charge in [0, 0.05) is 36.9 Å². The Morgan fingerprint density at radius 2 is 1.79 bits per heavy atom. The highest BCUT2D eigenvalue weighted by Crippen LogP contribution is 2.43. The number of rotatable bonds is 5. The molecule has 0 unspecified atom stereocenters. The van der Waals surface area contributed by atoms with E-state index in [4.69, 9.17) is 14.2 Å². The Bertz CT molecular complexity index is 1540. The first kappa shape index (κ1) is 25.6. The first-order chi connectivity index (χ1) is 18.8. The highest BCUT2D eigenvalue weighted by Gasteiger charge is 2.45. The van der Waals surface area contributed by atoms with Crippen molar-refractivity contribution in [2.75, 3.05) is 12.0 Å². The van der Waals surface area contributed by atoms with Crippen molar-refractivity contribution >= 4 is 22.6 Å². The average Bonchev–Trinajstić information content (AvgIpc) is 3.57. The molecule has 4 aromatic rings. The molecule has 2 aromatic carbocycles. The number of hydrogen-bond acceptors (Lipinski definition) is 5. The monoisotopic (exact) mass is 538 g/mol. The van der Waals surface area contributed by atoms with Crippen molar-refractivity contribution in [2.24, 2.45) is 0 Å². The van der Waals surface area contributed by atoms with Crippen LogP contribution >= 0.6 is 0 Å². The van der Waals surface area contributed by atoms with Gasteiger partial charge in [0.05, 0.1) is 28.9 Å². The third-order valence-electron chi connectivity index (χ3n) is 8.11. The Balaban J connectivity index is 1.50. The van der Waals surface area contributed by atoms with Gasteiger partial charge in [0.25, 0.3) is 5.91 Å². The van der Waals surface area contributed by atoms with Gasteiger partial charge >= 0.3 is 0 Å². The van der Waals surface area contributed by atoms with Crippen LogP contribution in [0.3, 0.4) is 0 Å². The second kappa shape index (κ2) is 9.82. The molecule has 1 saturated carbocycles. The van der Waals surface area contributed by atoms with Crippen LogP contribution in [0.15, 0.2) is 40.9 Å². The van der Waals surface area contributed by atoms with Gasteiger partial charge in [-0.1, -0.05) is 11.2 Å². The van der Waals surface area contributed by atoms with Crippen molar-refractivity contribution in [3.05, 3.63) is 65.3 Å². The van der Waals surface area contributed by atoms with E-state index in [2.05, 4.69) is 9.72 Å². The number of benzene rings is 2. The quantitative estimate of drug-likeness (QED) is 0.289. The number of imidazole rings is 1. The largest absolute Gasteiger partial charge is 0.381 e. The summed E-state index contributed by atoms with van der Waals surface area (Å²) < 4.78 is 55.9. The van der Waals surface area contributed by atoms with E-state index in [1.165, 1.54) is 11.0 Å². The summed E-state index contributed by atoms with van der Waals surface area (Å²) in [6, 6.07) is 8.39. The average molecular weight is 539 g/mol. The summed E-state index contributed by atoms with van der Waals surface area (Å²) in [5, 5.41) is 4.06. The minimum atomic E-state index is -1.78. The van der Waals surface area contributed by atoms with Crippen LogP contribution in [0.4, 0.5) is 18.9 Å². The fraction of sp³-hybridized carbons (Fsp3) is 0.414. The summed E-state index contributed by atoms with van der Waals surface area (Å²) >= 11 is 0. The first-order valence-electron chi connectivity index (χ1n) is 13.2. The molecular formula is C29H29F3N4O3. The Hall–Kier alpha value is -3.66. The van der Waals surface area contributed by atoms with Crippen LogP contribution in [0.1, 0.15) is 61.5 Å². The number of aromatic nitrogens is 3. The highest BCUT2D eigenvalue weighted by molar-refractivity contribution is 5.99. The molecule has 2 fully saturated rings. The van der Waals surface area contributed by atoms with E-state index in [-0.39, 0.29) is 24.3 Å². The van der Waals surface area contributed by atoms with E-state index < -0.39 is 29.8 Å². The Morgan fingerprint density at radius 1 is 1.03 bits per heavy atom. The number of amides is 1. The van der Waals surface area contributed by atoms with E-state index in [9.17, 15) is 13.6 Å². The fourth-order valence-corrected chi connectivity index (χ4v) is 6.20. The summed E-state index contributed by atoms with van der Waals surface area (Å²) in [6.07, 6.45) is 1.64. The lowest BCUT2D eigenvalue weighted by Gasteiger charge is -2.32. The summed E-state index contributed by atoms with van der Waals surface area (Å²) in [5.41, 5.74) is 4.19. The molecule has 39 heavy (non-hydrogen) atoms. The maximum Gasteiger partial charge on any atom is 0.262 e. The van der Waals surface area contributed by atoms with Crippen LogP contribution in [-0.4, -0.2) is 40.0 Å². The number of anilines is 1. The van der Waals surface area contributed by atoms with Crippen molar-refractivity contribution in [3.8, 4) is 11.1 Å². The van der Waals surface area contributed by atoms with Crippen molar-refractivity contribution in [1.82, 2.24) is 14.7 Å². The van der Waals surface area contributed by atoms with E-state index in [1.54, 1.807) is 7.11 Å². The van der Waals surface area contributed by atoms with Crippen LogP contribution in [0.25, 0.3) is 22.2 Å². The number of carbonyl (C=O) groups is 1. The van der Waals surface area contributed by atoms with Crippen LogP contribution in [0, 0.1) is 25.5 Å². The molecule has 2 aromatic heterocycles. The van der Waals surface area contributed by atoms with Crippen LogP contribution in [0.2, 0.25) is 0 Å². The molecule has 1 saturated heterocycles. The SMILES string of the molecule is CO[C@H]1CC[C@H](n2c([C@@H]3C[C@@H](F)C(=O)N3c3ccc(F)c(F)c3)nc3cc(-c4c(C)noc4C)ccc32)CC1. The smallest absolute Gasteiger partial charge is 0.262 e. The molecule has 1 amide bonds. The van der Waals surface area contributed by atoms with Crippen LogP contribution < -0.4 is 4.90 Å². The van der Waals surface area contributed by atoms with Gasteiger partial charge < -0.3 is 13.8 Å². The van der Waals surface area contributed by atoms with Gasteiger partial charge in [-0.05, 0) is 69.4 Å². The van der Waals surface area contributed by atoms with E-state index in [0.29, 0.717) is 17.1 Å². The number of aryl methyl sites for hydroxylation is 2. The number of halogens is 3. The normalized spacial score (nSPS) is 23.7. The van der Waals surface area contributed by atoms with Gasteiger partial charge in [0.1, 0.15) is 11.6 Å². The van der Waals surface area contributed by atoms with Crippen molar-refractivity contribution in [1.29, 1.82) is 0 Å². The minimum absolute atomic E-state index is 0.0573. The van der Waals surface area contributed by atoms with E-state index >= 15 is 4.39 Å². The second-order valence-electron chi connectivity index (χ2n) is 10.4. The van der Waals surface area contributed by atoms with Gasteiger partial charge in [0.15, 0.2) is 17.8 Å². The molecule has 10 heteroatoms. The van der Waals surface area contributed by atoms with Gasteiger partial charge in [-0.15, -0.1) is 0 Å². The molecule has 6 rings (SSSR count). The molecule has 0 N–H and O–H groups in total. The second-order valence-corrected chi connectivity index (χ2v) is 10.4.